The normalized spacial score (nSPS) is 11.9. The molecular formula is C11H16O3S2. The molecule has 0 aliphatic heterocycles. The molecule has 5 heteroatoms. The molecule has 1 heterocycles. The van der Waals surface area contributed by atoms with Crippen molar-refractivity contribution in [1.29, 1.82) is 0 Å². The van der Waals surface area contributed by atoms with Gasteiger partial charge >= 0.3 is 0 Å². The monoisotopic (exact) mass is 260 g/mol. The largest absolute Gasteiger partial charge is 0.293 e. The summed E-state index contributed by atoms with van der Waals surface area (Å²) < 4.78 is 23.0. The van der Waals surface area contributed by atoms with Crippen molar-refractivity contribution >= 4 is 27.0 Å². The smallest absolute Gasteiger partial charge is 0.172 e. The van der Waals surface area contributed by atoms with E-state index >= 15 is 0 Å². The minimum Gasteiger partial charge on any atom is -0.293 e. The van der Waals surface area contributed by atoms with Crippen LogP contribution in [-0.4, -0.2) is 25.2 Å². The maximum Gasteiger partial charge on any atom is 0.172 e. The highest BCUT2D eigenvalue weighted by Gasteiger charge is 2.16. The summed E-state index contributed by atoms with van der Waals surface area (Å²) in [6, 6.07) is 3.59. The molecule has 16 heavy (non-hydrogen) atoms. The Hall–Kier alpha value is -0.680. The third-order valence-electron chi connectivity index (χ3n) is 2.35. The molecule has 1 aromatic rings. The zero-order valence-corrected chi connectivity index (χ0v) is 11.1. The highest BCUT2D eigenvalue weighted by molar-refractivity contribution is 7.91. The molecule has 0 fully saturated rings. The minimum absolute atomic E-state index is 0.0361. The van der Waals surface area contributed by atoms with E-state index in [-0.39, 0.29) is 16.8 Å². The fourth-order valence-corrected chi connectivity index (χ4v) is 2.94. The number of hydrogen-bond acceptors (Lipinski definition) is 4. The van der Waals surface area contributed by atoms with Gasteiger partial charge in [0.15, 0.2) is 15.6 Å². The molecule has 0 radical (unpaired) electrons. The van der Waals surface area contributed by atoms with Crippen molar-refractivity contribution in [3.63, 3.8) is 0 Å². The molecule has 0 amide bonds. The maximum absolute atomic E-state index is 11.6. The molecule has 0 atom stereocenters. The van der Waals surface area contributed by atoms with Crippen molar-refractivity contribution in [2.24, 2.45) is 0 Å². The van der Waals surface area contributed by atoms with Crippen molar-refractivity contribution in [2.45, 2.75) is 31.9 Å². The minimum atomic E-state index is -3.01. The first-order valence-electron chi connectivity index (χ1n) is 5.22. The van der Waals surface area contributed by atoms with Gasteiger partial charge in [-0.1, -0.05) is 6.07 Å². The Morgan fingerprint density at radius 3 is 2.62 bits per heavy atom. The lowest BCUT2D eigenvalue weighted by atomic mass is 10.2. The summed E-state index contributed by atoms with van der Waals surface area (Å²) in [5, 5.41) is 1.49. The molecule has 0 saturated carbocycles. The highest BCUT2D eigenvalue weighted by atomic mass is 32.2. The summed E-state index contributed by atoms with van der Waals surface area (Å²) in [5.41, 5.74) is 0. The Balaban J connectivity index is 2.40. The Labute approximate surface area is 100 Å². The average Bonchev–Trinajstić information content (AvgIpc) is 2.69. The van der Waals surface area contributed by atoms with Crippen LogP contribution in [0, 0.1) is 0 Å². The molecule has 0 aliphatic carbocycles. The van der Waals surface area contributed by atoms with E-state index in [0.717, 1.165) is 0 Å². The van der Waals surface area contributed by atoms with Gasteiger partial charge in [-0.25, -0.2) is 8.42 Å². The van der Waals surface area contributed by atoms with Gasteiger partial charge in [0.1, 0.15) is 0 Å². The summed E-state index contributed by atoms with van der Waals surface area (Å²) in [5.74, 6) is 0.135. The first kappa shape index (κ1) is 13.4. The molecule has 0 aromatic carbocycles. The number of rotatable bonds is 6. The number of hydrogen-bond donors (Lipinski definition) is 0. The fourth-order valence-electron chi connectivity index (χ4n) is 1.23. The molecular weight excluding hydrogens is 244 g/mol. The number of carbonyl (C=O) groups excluding carboxylic acids is 1. The number of ketones is 1. The summed E-state index contributed by atoms with van der Waals surface area (Å²) in [6.07, 6.45) is 0.726. The summed E-state index contributed by atoms with van der Waals surface area (Å²) in [6.45, 7) is 3.33. The topological polar surface area (TPSA) is 51.2 Å². The van der Waals surface area contributed by atoms with E-state index < -0.39 is 9.84 Å². The zero-order chi connectivity index (χ0) is 12.2. The Bertz CT molecular complexity index is 430. The summed E-state index contributed by atoms with van der Waals surface area (Å²) >= 11 is 1.40. The number of Topliss-reactive ketones (excluding diaryl/α,β-unsaturated/α-hetero) is 1. The molecule has 90 valence electrons. The van der Waals surface area contributed by atoms with Crippen molar-refractivity contribution in [1.82, 2.24) is 0 Å². The second kappa shape index (κ2) is 5.59. The van der Waals surface area contributed by atoms with E-state index in [1.165, 1.54) is 11.3 Å². The third-order valence-corrected chi connectivity index (χ3v) is 5.55. The van der Waals surface area contributed by atoms with Crippen LogP contribution in [0.25, 0.3) is 0 Å². The van der Waals surface area contributed by atoms with Crippen molar-refractivity contribution in [3.8, 4) is 0 Å². The summed E-state index contributed by atoms with van der Waals surface area (Å²) in [4.78, 5) is 12.3. The molecule has 0 unspecified atom stereocenters. The van der Waals surface area contributed by atoms with E-state index in [4.69, 9.17) is 0 Å². The predicted molar refractivity (Wildman–Crippen MR) is 66.8 cm³/mol. The van der Waals surface area contributed by atoms with E-state index in [0.29, 0.717) is 17.7 Å². The highest BCUT2D eigenvalue weighted by Crippen LogP contribution is 2.13. The van der Waals surface area contributed by atoms with Gasteiger partial charge in [0.2, 0.25) is 0 Å². The van der Waals surface area contributed by atoms with Gasteiger partial charge in [0.25, 0.3) is 0 Å². The first-order chi connectivity index (χ1) is 7.43. The van der Waals surface area contributed by atoms with Crippen LogP contribution in [0.5, 0.6) is 0 Å². The van der Waals surface area contributed by atoms with Crippen LogP contribution < -0.4 is 0 Å². The van der Waals surface area contributed by atoms with Gasteiger partial charge in [0.05, 0.1) is 15.9 Å². The van der Waals surface area contributed by atoms with Gasteiger partial charge < -0.3 is 0 Å². The van der Waals surface area contributed by atoms with Crippen LogP contribution in [0.4, 0.5) is 0 Å². The van der Waals surface area contributed by atoms with Gasteiger partial charge in [0, 0.05) is 6.42 Å². The van der Waals surface area contributed by atoms with Crippen LogP contribution in [0.15, 0.2) is 17.5 Å². The zero-order valence-electron chi connectivity index (χ0n) is 9.47. The molecule has 0 aliphatic rings. The molecule has 1 rings (SSSR count). The molecule has 3 nitrogen and oxygen atoms in total. The first-order valence-corrected chi connectivity index (χ1v) is 7.81. The molecule has 0 bridgehead atoms. The lowest BCUT2D eigenvalue weighted by molar-refractivity contribution is 0.0986. The SMILES string of the molecule is CC(C)S(=O)(=O)CCCC(=O)c1cccs1. The molecule has 0 spiro atoms. The number of sulfone groups is 1. The van der Waals surface area contributed by atoms with Crippen LogP contribution in [0.1, 0.15) is 36.4 Å². The van der Waals surface area contributed by atoms with Crippen molar-refractivity contribution < 1.29 is 13.2 Å². The van der Waals surface area contributed by atoms with E-state index in [1.54, 1.807) is 19.9 Å². The van der Waals surface area contributed by atoms with E-state index in [2.05, 4.69) is 0 Å². The van der Waals surface area contributed by atoms with Gasteiger partial charge in [-0.05, 0) is 31.7 Å². The second-order valence-electron chi connectivity index (χ2n) is 3.92. The average molecular weight is 260 g/mol. The standard InChI is InChI=1S/C11H16O3S2/c1-9(2)16(13,14)8-4-5-10(12)11-6-3-7-15-11/h3,6-7,9H,4-5,8H2,1-2H3. The van der Waals surface area contributed by atoms with Crippen LogP contribution in [0.2, 0.25) is 0 Å². The number of thiophene rings is 1. The molecule has 0 saturated heterocycles. The van der Waals surface area contributed by atoms with Crippen molar-refractivity contribution in [2.75, 3.05) is 5.75 Å². The van der Waals surface area contributed by atoms with Gasteiger partial charge in [-0.3, -0.25) is 4.79 Å². The lowest BCUT2D eigenvalue weighted by Crippen LogP contribution is -2.18. The summed E-state index contributed by atoms with van der Waals surface area (Å²) in [7, 11) is -3.01. The lowest BCUT2D eigenvalue weighted by Gasteiger charge is -2.06. The number of carbonyl (C=O) groups is 1. The van der Waals surface area contributed by atoms with Crippen LogP contribution in [-0.2, 0) is 9.84 Å². The van der Waals surface area contributed by atoms with Crippen LogP contribution in [0.3, 0.4) is 0 Å². The Kier molecular flexibility index (Phi) is 4.68. The van der Waals surface area contributed by atoms with Crippen LogP contribution >= 0.6 is 11.3 Å². The van der Waals surface area contributed by atoms with E-state index in [1.807, 2.05) is 11.4 Å². The Morgan fingerprint density at radius 2 is 2.12 bits per heavy atom. The van der Waals surface area contributed by atoms with Gasteiger partial charge in [-0.15, -0.1) is 11.3 Å². The van der Waals surface area contributed by atoms with Gasteiger partial charge in [-0.2, -0.15) is 0 Å². The maximum atomic E-state index is 11.6. The predicted octanol–water partition coefficient (Wildman–Crippen LogP) is 2.53. The van der Waals surface area contributed by atoms with Crippen molar-refractivity contribution in [3.05, 3.63) is 22.4 Å². The second-order valence-corrected chi connectivity index (χ2v) is 7.54. The third kappa shape index (κ3) is 3.72. The Morgan fingerprint density at radius 1 is 1.44 bits per heavy atom. The quantitative estimate of drug-likeness (QED) is 0.739. The molecule has 0 N–H and O–H groups in total. The van der Waals surface area contributed by atoms with E-state index in [9.17, 15) is 13.2 Å². The molecule has 1 aromatic heterocycles. The fraction of sp³-hybridized carbons (Fsp3) is 0.545.